The highest BCUT2D eigenvalue weighted by molar-refractivity contribution is 5.27. The van der Waals surface area contributed by atoms with E-state index in [1.165, 1.54) is 0 Å². The lowest BCUT2D eigenvalue weighted by atomic mass is 10.00. The van der Waals surface area contributed by atoms with Crippen molar-refractivity contribution in [2.75, 3.05) is 6.61 Å². The van der Waals surface area contributed by atoms with E-state index < -0.39 is 6.61 Å². The van der Waals surface area contributed by atoms with E-state index in [2.05, 4.69) is 17.0 Å². The third kappa shape index (κ3) is 5.59. The fraction of sp³-hybridized carbons (Fsp3) is 0.625. The molecule has 2 rings (SSSR count). The molecule has 5 heteroatoms. The quantitative estimate of drug-likeness (QED) is 0.832. The molecule has 0 bridgehead atoms. The van der Waals surface area contributed by atoms with Crippen molar-refractivity contribution in [2.24, 2.45) is 0 Å². The van der Waals surface area contributed by atoms with Crippen molar-refractivity contribution in [1.29, 1.82) is 0 Å². The zero-order valence-electron chi connectivity index (χ0n) is 12.4. The SMILES string of the molecule is CCCC1CC(NCc2ccc(OC(F)F)cc2)CCO1. The molecule has 1 fully saturated rings. The number of halogens is 2. The number of ether oxygens (including phenoxy) is 2. The maximum atomic E-state index is 12.1. The highest BCUT2D eigenvalue weighted by Crippen LogP contribution is 2.19. The van der Waals surface area contributed by atoms with Crippen LogP contribution in [0.2, 0.25) is 0 Å². The standard InChI is InChI=1S/C16H23F2NO2/c1-2-3-15-10-13(8-9-20-15)19-11-12-4-6-14(7-5-12)21-16(17)18/h4-7,13,15-16,19H,2-3,8-11H2,1H3. The van der Waals surface area contributed by atoms with Crippen LogP contribution in [-0.4, -0.2) is 25.4 Å². The Morgan fingerprint density at radius 2 is 2.10 bits per heavy atom. The molecular weight excluding hydrogens is 276 g/mol. The Bertz CT molecular complexity index is 409. The van der Waals surface area contributed by atoms with Gasteiger partial charge < -0.3 is 14.8 Å². The van der Waals surface area contributed by atoms with Gasteiger partial charge in [0.2, 0.25) is 0 Å². The number of alkyl halides is 2. The Kier molecular flexibility index (Phi) is 6.39. The number of hydrogen-bond donors (Lipinski definition) is 1. The van der Waals surface area contributed by atoms with Gasteiger partial charge in [-0.3, -0.25) is 0 Å². The smallest absolute Gasteiger partial charge is 0.387 e. The molecule has 2 atom stereocenters. The Morgan fingerprint density at radius 3 is 2.76 bits per heavy atom. The van der Waals surface area contributed by atoms with Crippen LogP contribution in [0.25, 0.3) is 0 Å². The summed E-state index contributed by atoms with van der Waals surface area (Å²) in [6.45, 7) is 0.942. The Labute approximate surface area is 124 Å². The van der Waals surface area contributed by atoms with Crippen LogP contribution < -0.4 is 10.1 Å². The van der Waals surface area contributed by atoms with Crippen LogP contribution in [0.1, 0.15) is 38.2 Å². The first-order valence-corrected chi connectivity index (χ1v) is 7.56. The molecule has 0 radical (unpaired) electrons. The van der Waals surface area contributed by atoms with Gasteiger partial charge in [0.25, 0.3) is 0 Å². The molecule has 1 heterocycles. The maximum Gasteiger partial charge on any atom is 0.387 e. The zero-order chi connectivity index (χ0) is 15.1. The average molecular weight is 299 g/mol. The molecule has 0 saturated carbocycles. The molecule has 3 nitrogen and oxygen atoms in total. The van der Waals surface area contributed by atoms with Crippen molar-refractivity contribution in [3.05, 3.63) is 29.8 Å². The van der Waals surface area contributed by atoms with Crippen molar-refractivity contribution < 1.29 is 18.3 Å². The van der Waals surface area contributed by atoms with E-state index in [9.17, 15) is 8.78 Å². The van der Waals surface area contributed by atoms with Crippen molar-refractivity contribution in [3.8, 4) is 5.75 Å². The maximum absolute atomic E-state index is 12.1. The third-order valence-corrected chi connectivity index (χ3v) is 3.72. The minimum absolute atomic E-state index is 0.197. The molecule has 118 valence electrons. The molecule has 0 aliphatic carbocycles. The van der Waals surface area contributed by atoms with Crippen LogP contribution in [-0.2, 0) is 11.3 Å². The van der Waals surface area contributed by atoms with Crippen LogP contribution in [0, 0.1) is 0 Å². The number of rotatable bonds is 7. The summed E-state index contributed by atoms with van der Waals surface area (Å²) in [5.74, 6) is 0.197. The van der Waals surface area contributed by atoms with Crippen LogP contribution in [0.15, 0.2) is 24.3 Å². The minimum Gasteiger partial charge on any atom is -0.435 e. The van der Waals surface area contributed by atoms with Gasteiger partial charge in [-0.05, 0) is 37.0 Å². The summed E-state index contributed by atoms with van der Waals surface area (Å²) in [6.07, 6.45) is 4.68. The van der Waals surface area contributed by atoms with Gasteiger partial charge in [0.1, 0.15) is 5.75 Å². The van der Waals surface area contributed by atoms with Gasteiger partial charge >= 0.3 is 6.61 Å². The molecule has 2 unspecified atom stereocenters. The largest absolute Gasteiger partial charge is 0.435 e. The number of nitrogens with one attached hydrogen (secondary N) is 1. The summed E-state index contributed by atoms with van der Waals surface area (Å²) in [5, 5.41) is 3.52. The van der Waals surface area contributed by atoms with Crippen LogP contribution in [0.4, 0.5) is 8.78 Å². The molecule has 1 aliphatic heterocycles. The third-order valence-electron chi connectivity index (χ3n) is 3.72. The molecule has 1 aromatic rings. The van der Waals surface area contributed by atoms with Gasteiger partial charge in [0.15, 0.2) is 0 Å². The van der Waals surface area contributed by atoms with Crippen molar-refractivity contribution in [2.45, 2.75) is 57.9 Å². The van der Waals surface area contributed by atoms with Gasteiger partial charge in [-0.15, -0.1) is 0 Å². The summed E-state index contributed by atoms with van der Waals surface area (Å²) < 4.78 is 34.2. The van der Waals surface area contributed by atoms with Crippen LogP contribution in [0.5, 0.6) is 5.75 Å². The molecule has 1 aliphatic rings. The number of benzene rings is 1. The summed E-state index contributed by atoms with van der Waals surface area (Å²) in [4.78, 5) is 0. The van der Waals surface area contributed by atoms with E-state index in [0.29, 0.717) is 12.1 Å². The van der Waals surface area contributed by atoms with Gasteiger partial charge in [-0.1, -0.05) is 25.5 Å². The molecule has 0 aromatic heterocycles. The number of hydrogen-bond acceptors (Lipinski definition) is 3. The second-order valence-electron chi connectivity index (χ2n) is 5.41. The first kappa shape index (κ1) is 16.2. The first-order chi connectivity index (χ1) is 10.2. The lowest BCUT2D eigenvalue weighted by Crippen LogP contribution is -2.38. The predicted molar refractivity (Wildman–Crippen MR) is 77.6 cm³/mol. The monoisotopic (exact) mass is 299 g/mol. The second kappa shape index (κ2) is 8.29. The predicted octanol–water partition coefficient (Wildman–Crippen LogP) is 3.73. The Balaban J connectivity index is 1.77. The lowest BCUT2D eigenvalue weighted by molar-refractivity contribution is -0.0498. The van der Waals surface area contributed by atoms with Crippen LogP contribution >= 0.6 is 0 Å². The Hall–Kier alpha value is -1.20. The summed E-state index contributed by atoms with van der Waals surface area (Å²) >= 11 is 0. The summed E-state index contributed by atoms with van der Waals surface area (Å²) in [5.41, 5.74) is 1.06. The van der Waals surface area contributed by atoms with E-state index in [1.54, 1.807) is 12.1 Å². The van der Waals surface area contributed by atoms with E-state index in [4.69, 9.17) is 4.74 Å². The fourth-order valence-corrected chi connectivity index (χ4v) is 2.64. The van der Waals surface area contributed by atoms with Gasteiger partial charge in [0.05, 0.1) is 6.10 Å². The summed E-state index contributed by atoms with van der Waals surface area (Å²) in [7, 11) is 0. The van der Waals surface area contributed by atoms with Gasteiger partial charge in [-0.25, -0.2) is 0 Å². The average Bonchev–Trinajstić information content (AvgIpc) is 2.47. The van der Waals surface area contributed by atoms with E-state index in [-0.39, 0.29) is 5.75 Å². The molecule has 1 N–H and O–H groups in total. The normalized spacial score (nSPS) is 22.5. The van der Waals surface area contributed by atoms with E-state index in [1.807, 2.05) is 12.1 Å². The minimum atomic E-state index is -2.77. The lowest BCUT2D eigenvalue weighted by Gasteiger charge is -2.30. The second-order valence-corrected chi connectivity index (χ2v) is 5.41. The van der Waals surface area contributed by atoms with Crippen LogP contribution in [0.3, 0.4) is 0 Å². The fourth-order valence-electron chi connectivity index (χ4n) is 2.64. The van der Waals surface area contributed by atoms with Crippen molar-refractivity contribution in [3.63, 3.8) is 0 Å². The molecule has 0 amide bonds. The Morgan fingerprint density at radius 1 is 1.33 bits per heavy atom. The highest BCUT2D eigenvalue weighted by atomic mass is 19.3. The molecule has 21 heavy (non-hydrogen) atoms. The van der Waals surface area contributed by atoms with E-state index >= 15 is 0 Å². The van der Waals surface area contributed by atoms with Crippen molar-refractivity contribution >= 4 is 0 Å². The molecule has 1 saturated heterocycles. The van der Waals surface area contributed by atoms with Gasteiger partial charge in [-0.2, -0.15) is 8.78 Å². The van der Waals surface area contributed by atoms with Crippen molar-refractivity contribution in [1.82, 2.24) is 5.32 Å². The molecule has 0 spiro atoms. The highest BCUT2D eigenvalue weighted by Gasteiger charge is 2.21. The molecular formula is C16H23F2NO2. The first-order valence-electron chi connectivity index (χ1n) is 7.56. The van der Waals surface area contributed by atoms with Gasteiger partial charge in [0, 0.05) is 19.2 Å². The molecule has 1 aromatic carbocycles. The van der Waals surface area contributed by atoms with E-state index in [0.717, 1.165) is 44.4 Å². The summed E-state index contributed by atoms with van der Waals surface area (Å²) in [6, 6.07) is 7.24. The topological polar surface area (TPSA) is 30.5 Å². The zero-order valence-corrected chi connectivity index (χ0v) is 12.4.